The van der Waals surface area contributed by atoms with Gasteiger partial charge in [-0.15, -0.1) is 10.2 Å². The van der Waals surface area contributed by atoms with Crippen LogP contribution >= 0.6 is 0 Å². The van der Waals surface area contributed by atoms with Crippen molar-refractivity contribution in [3.8, 4) is 11.6 Å². The summed E-state index contributed by atoms with van der Waals surface area (Å²) < 4.78 is 7.16. The van der Waals surface area contributed by atoms with Crippen LogP contribution < -0.4 is 0 Å². The first-order valence-electron chi connectivity index (χ1n) is 6.90. The van der Waals surface area contributed by atoms with Gasteiger partial charge in [0.25, 0.3) is 5.89 Å². The Hall–Kier alpha value is -2.76. The minimum absolute atomic E-state index is 0.230. The fraction of sp³-hybridized carbons (Fsp3) is 0.250. The van der Waals surface area contributed by atoms with E-state index in [1.54, 1.807) is 11.5 Å². The molecule has 0 spiro atoms. The van der Waals surface area contributed by atoms with Crippen LogP contribution in [0.2, 0.25) is 0 Å². The third-order valence-corrected chi connectivity index (χ3v) is 3.52. The largest absolute Gasteiger partial charge is 0.420 e. The molecule has 0 amide bonds. The summed E-state index contributed by atoms with van der Waals surface area (Å²) in [5.74, 6) is 0.257. The molecule has 112 valence electrons. The van der Waals surface area contributed by atoms with Crippen molar-refractivity contribution in [3.63, 3.8) is 0 Å². The highest BCUT2D eigenvalue weighted by Gasteiger charge is 2.27. The van der Waals surface area contributed by atoms with Gasteiger partial charge in [-0.05, 0) is 26.0 Å². The van der Waals surface area contributed by atoms with E-state index in [1.807, 2.05) is 30.3 Å². The molecule has 3 aromatic rings. The summed E-state index contributed by atoms with van der Waals surface area (Å²) >= 11 is 0. The number of aryl methyl sites for hydroxylation is 1. The van der Waals surface area contributed by atoms with Crippen LogP contribution in [0.4, 0.5) is 0 Å². The predicted molar refractivity (Wildman–Crippen MR) is 80.4 cm³/mol. The molecule has 1 aromatic carbocycles. The number of hydrogen-bond donors (Lipinski definition) is 0. The molecule has 0 aliphatic carbocycles. The molecule has 0 N–H and O–H groups in total. The molecule has 0 aliphatic heterocycles. The Morgan fingerprint density at radius 3 is 2.41 bits per heavy atom. The topological polar surface area (TPSA) is 78.0 Å². The van der Waals surface area contributed by atoms with Gasteiger partial charge in [0.05, 0.1) is 0 Å². The van der Waals surface area contributed by atoms with Gasteiger partial charge in [-0.1, -0.05) is 18.2 Å². The quantitative estimate of drug-likeness (QED) is 0.692. The van der Waals surface area contributed by atoms with Crippen molar-refractivity contribution in [3.05, 3.63) is 36.2 Å². The van der Waals surface area contributed by atoms with E-state index in [1.165, 1.54) is 13.8 Å². The van der Waals surface area contributed by atoms with E-state index in [-0.39, 0.29) is 11.6 Å². The fourth-order valence-corrected chi connectivity index (χ4v) is 2.67. The van der Waals surface area contributed by atoms with Crippen LogP contribution in [0.5, 0.6) is 0 Å². The summed E-state index contributed by atoms with van der Waals surface area (Å²) in [4.78, 5) is 24.0. The molecule has 2 aromatic heterocycles. The van der Waals surface area contributed by atoms with Crippen molar-refractivity contribution in [2.75, 3.05) is 0 Å². The summed E-state index contributed by atoms with van der Waals surface area (Å²) in [7, 11) is 0. The van der Waals surface area contributed by atoms with Gasteiger partial charge < -0.3 is 8.98 Å². The molecule has 3 rings (SSSR count). The number of hydrogen-bond acceptors (Lipinski definition) is 5. The first-order chi connectivity index (χ1) is 10.5. The number of para-hydroxylation sites is 1. The summed E-state index contributed by atoms with van der Waals surface area (Å²) in [5, 5.41) is 8.74. The molecule has 0 aliphatic rings. The maximum atomic E-state index is 12.0. The minimum atomic E-state index is -0.901. The van der Waals surface area contributed by atoms with Crippen LogP contribution in [0.25, 0.3) is 22.5 Å². The summed E-state index contributed by atoms with van der Waals surface area (Å²) in [6.45, 7) is 4.50. The summed E-state index contributed by atoms with van der Waals surface area (Å²) in [5.41, 5.74) is 1.35. The predicted octanol–water partition coefficient (Wildman–Crippen LogP) is 2.72. The number of nitrogens with zero attached hydrogens (tertiary/aromatic N) is 3. The number of rotatable bonds is 4. The molecular formula is C16H15N3O3. The molecule has 6 nitrogen and oxygen atoms in total. The van der Waals surface area contributed by atoms with Gasteiger partial charge in [-0.2, -0.15) is 0 Å². The average Bonchev–Trinajstić information content (AvgIpc) is 3.03. The fourth-order valence-electron chi connectivity index (χ4n) is 2.67. The van der Waals surface area contributed by atoms with Gasteiger partial charge in [0, 0.05) is 17.8 Å². The number of benzene rings is 1. The van der Waals surface area contributed by atoms with Crippen molar-refractivity contribution in [1.29, 1.82) is 0 Å². The molecule has 0 saturated heterocycles. The Bertz CT molecular complexity index is 862. The Morgan fingerprint density at radius 1 is 1.14 bits per heavy atom. The normalized spacial score (nSPS) is 11.3. The Labute approximate surface area is 126 Å². The number of carbonyl (C=O) groups is 2. The van der Waals surface area contributed by atoms with Gasteiger partial charge in [-0.25, -0.2) is 0 Å². The Balaban J connectivity index is 2.34. The third kappa shape index (κ3) is 2.22. The lowest BCUT2D eigenvalue weighted by atomic mass is 10.1. The number of ketones is 2. The maximum Gasteiger partial charge on any atom is 0.264 e. The van der Waals surface area contributed by atoms with Crippen LogP contribution in [0.15, 0.2) is 34.7 Å². The average molecular weight is 297 g/mol. The molecule has 2 heterocycles. The minimum Gasteiger partial charge on any atom is -0.420 e. The second-order valence-electron chi connectivity index (χ2n) is 5.21. The van der Waals surface area contributed by atoms with Crippen LogP contribution in [0.3, 0.4) is 0 Å². The first kappa shape index (κ1) is 14.2. The SMILES string of the molecule is CC(=O)C(C(C)=O)n1c(-c2nnc(C)o2)cc2ccccc21. The molecule has 22 heavy (non-hydrogen) atoms. The molecule has 0 radical (unpaired) electrons. The van der Waals surface area contributed by atoms with Crippen molar-refractivity contribution in [2.45, 2.75) is 26.8 Å². The zero-order valence-electron chi connectivity index (χ0n) is 12.5. The molecule has 0 unspecified atom stereocenters. The lowest BCUT2D eigenvalue weighted by Gasteiger charge is -2.16. The zero-order valence-corrected chi connectivity index (χ0v) is 12.5. The van der Waals surface area contributed by atoms with Gasteiger partial charge in [-0.3, -0.25) is 9.59 Å². The molecule has 0 atom stereocenters. The lowest BCUT2D eigenvalue weighted by Crippen LogP contribution is -2.24. The first-order valence-corrected chi connectivity index (χ1v) is 6.90. The highest BCUT2D eigenvalue weighted by atomic mass is 16.4. The van der Waals surface area contributed by atoms with E-state index in [0.717, 1.165) is 10.9 Å². The smallest absolute Gasteiger partial charge is 0.264 e. The monoisotopic (exact) mass is 297 g/mol. The Morgan fingerprint density at radius 2 is 1.82 bits per heavy atom. The van der Waals surface area contributed by atoms with E-state index < -0.39 is 6.04 Å². The van der Waals surface area contributed by atoms with E-state index in [2.05, 4.69) is 10.2 Å². The number of Topliss-reactive ketones (excluding diaryl/α,β-unsaturated/α-hetero) is 2. The van der Waals surface area contributed by atoms with Gasteiger partial charge in [0.1, 0.15) is 5.69 Å². The molecule has 0 saturated carbocycles. The molecule has 0 fully saturated rings. The highest BCUT2D eigenvalue weighted by Crippen LogP contribution is 2.31. The van der Waals surface area contributed by atoms with Crippen molar-refractivity contribution < 1.29 is 14.0 Å². The molecule has 6 heteroatoms. The molecule has 0 bridgehead atoms. The second-order valence-corrected chi connectivity index (χ2v) is 5.21. The van der Waals surface area contributed by atoms with Crippen molar-refractivity contribution in [1.82, 2.24) is 14.8 Å². The number of fused-ring (bicyclic) bond motifs is 1. The third-order valence-electron chi connectivity index (χ3n) is 3.52. The maximum absolute atomic E-state index is 12.0. The van der Waals surface area contributed by atoms with E-state index in [9.17, 15) is 9.59 Å². The van der Waals surface area contributed by atoms with Crippen LogP contribution in [-0.2, 0) is 9.59 Å². The van der Waals surface area contributed by atoms with Crippen LogP contribution in [0, 0.1) is 6.92 Å². The highest BCUT2D eigenvalue weighted by molar-refractivity contribution is 6.04. The van der Waals surface area contributed by atoms with E-state index in [0.29, 0.717) is 17.5 Å². The van der Waals surface area contributed by atoms with Gasteiger partial charge in [0.15, 0.2) is 17.6 Å². The second kappa shape index (κ2) is 5.22. The van der Waals surface area contributed by atoms with Crippen molar-refractivity contribution >= 4 is 22.5 Å². The number of carbonyl (C=O) groups excluding carboxylic acids is 2. The van der Waals surface area contributed by atoms with Crippen LogP contribution in [0.1, 0.15) is 25.8 Å². The molecular weight excluding hydrogens is 282 g/mol. The standard InChI is InChI=1S/C16H15N3O3/c1-9(20)15(10(2)21)19-13-7-5-4-6-12(13)8-14(19)16-18-17-11(3)22-16/h4-8,15H,1-3H3. The summed E-state index contributed by atoms with van der Waals surface area (Å²) in [6, 6.07) is 8.48. The van der Waals surface area contributed by atoms with Gasteiger partial charge >= 0.3 is 0 Å². The van der Waals surface area contributed by atoms with E-state index >= 15 is 0 Å². The number of aromatic nitrogens is 3. The van der Waals surface area contributed by atoms with Gasteiger partial charge in [0.2, 0.25) is 5.89 Å². The van der Waals surface area contributed by atoms with Crippen molar-refractivity contribution in [2.24, 2.45) is 0 Å². The summed E-state index contributed by atoms with van der Waals surface area (Å²) in [6.07, 6.45) is 0. The Kier molecular flexibility index (Phi) is 3.36. The van der Waals surface area contributed by atoms with Crippen LogP contribution in [-0.4, -0.2) is 26.3 Å². The zero-order chi connectivity index (χ0) is 15.9. The lowest BCUT2D eigenvalue weighted by molar-refractivity contribution is -0.129. The van der Waals surface area contributed by atoms with E-state index in [4.69, 9.17) is 4.42 Å².